The molecule has 1 spiro atoms. The number of amides is 3. The van der Waals surface area contributed by atoms with E-state index in [0.29, 0.717) is 17.3 Å². The topological polar surface area (TPSA) is 88.3 Å². The first-order chi connectivity index (χ1) is 14.1. The summed E-state index contributed by atoms with van der Waals surface area (Å²) in [5.74, 6) is 0.293. The molecule has 1 aliphatic carbocycles. The second kappa shape index (κ2) is 6.70. The highest BCUT2D eigenvalue weighted by atomic mass is 35.5. The van der Waals surface area contributed by atoms with E-state index in [4.69, 9.17) is 16.1 Å². The smallest absolute Gasteiger partial charge is 0.325 e. The molecule has 1 aliphatic heterocycles. The second-order valence-corrected chi connectivity index (χ2v) is 7.69. The van der Waals surface area contributed by atoms with E-state index in [9.17, 15) is 9.59 Å². The summed E-state index contributed by atoms with van der Waals surface area (Å²) >= 11 is 5.90. The van der Waals surface area contributed by atoms with E-state index in [1.165, 1.54) is 0 Å². The first-order valence-electron chi connectivity index (χ1n) is 9.38. The van der Waals surface area contributed by atoms with Crippen LogP contribution < -0.4 is 5.32 Å². The molecule has 2 aromatic carbocycles. The van der Waals surface area contributed by atoms with Gasteiger partial charge in [-0.2, -0.15) is 4.98 Å². The van der Waals surface area contributed by atoms with E-state index >= 15 is 0 Å². The molecule has 1 aromatic heterocycles. The van der Waals surface area contributed by atoms with Gasteiger partial charge in [-0.1, -0.05) is 41.0 Å². The Hall–Kier alpha value is -3.19. The molecule has 7 nitrogen and oxygen atoms in total. The van der Waals surface area contributed by atoms with E-state index in [2.05, 4.69) is 15.5 Å². The zero-order chi connectivity index (χ0) is 20.0. The Balaban J connectivity index is 1.42. The van der Waals surface area contributed by atoms with Gasteiger partial charge in [0.1, 0.15) is 12.1 Å². The van der Waals surface area contributed by atoms with Crippen molar-refractivity contribution in [2.45, 2.75) is 31.3 Å². The lowest BCUT2D eigenvalue weighted by Crippen LogP contribution is -2.46. The van der Waals surface area contributed by atoms with Gasteiger partial charge in [0.15, 0.2) is 0 Å². The van der Waals surface area contributed by atoms with Crippen LogP contribution in [0, 0.1) is 0 Å². The average Bonchev–Trinajstić information content (AvgIpc) is 3.29. The molecule has 8 heteroatoms. The summed E-state index contributed by atoms with van der Waals surface area (Å²) in [6, 6.07) is 14.3. The van der Waals surface area contributed by atoms with Crippen LogP contribution in [0.5, 0.6) is 0 Å². The van der Waals surface area contributed by atoms with Gasteiger partial charge in [-0.3, -0.25) is 9.69 Å². The fourth-order valence-electron chi connectivity index (χ4n) is 4.13. The molecule has 0 saturated carbocycles. The van der Waals surface area contributed by atoms with Crippen molar-refractivity contribution in [3.05, 3.63) is 70.6 Å². The molecule has 2 aliphatic rings. The first kappa shape index (κ1) is 17.9. The molecule has 1 fully saturated rings. The van der Waals surface area contributed by atoms with Gasteiger partial charge in [-0.25, -0.2) is 4.79 Å². The van der Waals surface area contributed by atoms with Gasteiger partial charge >= 0.3 is 6.03 Å². The van der Waals surface area contributed by atoms with Crippen LogP contribution in [0.4, 0.5) is 4.79 Å². The van der Waals surface area contributed by atoms with E-state index in [-0.39, 0.29) is 18.3 Å². The standard InChI is InChI=1S/C21H17ClN4O3/c22-15-9-7-14(8-10-15)18-23-17(29-25-18)12-26-19(27)21(24-20(26)28)11-3-5-13-4-1-2-6-16(13)21/h1-2,4,6-10H,3,5,11-12H2,(H,24,28)/t21-/m0/s1. The lowest BCUT2D eigenvalue weighted by atomic mass is 9.76. The number of carbonyl (C=O) groups excluding carboxylic acids is 2. The summed E-state index contributed by atoms with van der Waals surface area (Å²) in [5.41, 5.74) is 1.70. The van der Waals surface area contributed by atoms with Gasteiger partial charge in [0, 0.05) is 10.6 Å². The van der Waals surface area contributed by atoms with Crippen molar-refractivity contribution in [3.63, 3.8) is 0 Å². The number of nitrogens with one attached hydrogen (secondary N) is 1. The summed E-state index contributed by atoms with van der Waals surface area (Å²) in [5, 5.41) is 7.48. The molecule has 3 aromatic rings. The van der Waals surface area contributed by atoms with Gasteiger partial charge in [0.25, 0.3) is 5.91 Å². The maximum atomic E-state index is 13.3. The minimum absolute atomic E-state index is 0.0742. The highest BCUT2D eigenvalue weighted by Crippen LogP contribution is 2.40. The Bertz CT molecular complexity index is 1110. The van der Waals surface area contributed by atoms with Gasteiger partial charge in [0.2, 0.25) is 11.7 Å². The Morgan fingerprint density at radius 3 is 2.76 bits per heavy atom. The summed E-state index contributed by atoms with van der Waals surface area (Å²) in [7, 11) is 0. The van der Waals surface area contributed by atoms with Gasteiger partial charge in [-0.05, 0) is 54.7 Å². The zero-order valence-electron chi connectivity index (χ0n) is 15.4. The maximum Gasteiger partial charge on any atom is 0.325 e. The lowest BCUT2D eigenvalue weighted by molar-refractivity contribution is -0.132. The molecule has 0 radical (unpaired) electrons. The molecule has 2 heterocycles. The largest absolute Gasteiger partial charge is 0.337 e. The minimum atomic E-state index is -1.01. The van der Waals surface area contributed by atoms with Crippen molar-refractivity contribution in [2.75, 3.05) is 0 Å². The Labute approximate surface area is 171 Å². The number of fused-ring (bicyclic) bond motifs is 2. The predicted molar refractivity (Wildman–Crippen MR) is 105 cm³/mol. The van der Waals surface area contributed by atoms with E-state index < -0.39 is 11.6 Å². The molecular formula is C21H17ClN4O3. The highest BCUT2D eigenvalue weighted by molar-refractivity contribution is 6.30. The Kier molecular flexibility index (Phi) is 4.13. The number of hydrogen-bond acceptors (Lipinski definition) is 5. The second-order valence-electron chi connectivity index (χ2n) is 7.26. The number of nitrogens with zero attached hydrogens (tertiary/aromatic N) is 3. The van der Waals surface area contributed by atoms with Crippen molar-refractivity contribution in [3.8, 4) is 11.4 Å². The molecule has 3 amide bonds. The molecule has 0 unspecified atom stereocenters. The Morgan fingerprint density at radius 1 is 1.14 bits per heavy atom. The van der Waals surface area contributed by atoms with E-state index in [1.807, 2.05) is 24.3 Å². The fraction of sp³-hybridized carbons (Fsp3) is 0.238. The van der Waals surface area contributed by atoms with Crippen LogP contribution in [-0.2, 0) is 23.3 Å². The number of benzene rings is 2. The average molecular weight is 409 g/mol. The quantitative estimate of drug-likeness (QED) is 0.668. The van der Waals surface area contributed by atoms with Crippen molar-refractivity contribution in [1.82, 2.24) is 20.4 Å². The fourth-order valence-corrected chi connectivity index (χ4v) is 4.25. The van der Waals surface area contributed by atoms with Crippen LogP contribution in [0.15, 0.2) is 53.1 Å². The normalized spacial score (nSPS) is 20.8. The number of halogens is 1. The van der Waals surface area contributed by atoms with E-state index in [1.54, 1.807) is 24.3 Å². The number of aryl methyl sites for hydroxylation is 1. The molecule has 146 valence electrons. The summed E-state index contributed by atoms with van der Waals surface area (Å²) in [6.07, 6.45) is 2.30. The minimum Gasteiger partial charge on any atom is -0.337 e. The predicted octanol–water partition coefficient (Wildman–Crippen LogP) is 3.67. The van der Waals surface area contributed by atoms with Crippen molar-refractivity contribution >= 4 is 23.5 Å². The molecule has 1 N–H and O–H groups in total. The molecule has 1 atom stereocenters. The molecule has 29 heavy (non-hydrogen) atoms. The molecule has 0 bridgehead atoms. The number of carbonyl (C=O) groups is 2. The third kappa shape index (κ3) is 2.89. The van der Waals surface area contributed by atoms with Crippen LogP contribution in [0.3, 0.4) is 0 Å². The van der Waals surface area contributed by atoms with E-state index in [0.717, 1.165) is 34.4 Å². The van der Waals surface area contributed by atoms with Crippen LogP contribution in [0.2, 0.25) is 5.02 Å². The van der Waals surface area contributed by atoms with Crippen molar-refractivity contribution < 1.29 is 14.1 Å². The molecular weight excluding hydrogens is 392 g/mol. The number of urea groups is 1. The SMILES string of the molecule is O=C1N[C@]2(CCCc3ccccc32)C(=O)N1Cc1nc(-c2ccc(Cl)cc2)no1. The van der Waals surface area contributed by atoms with Crippen molar-refractivity contribution in [2.24, 2.45) is 0 Å². The van der Waals surface area contributed by atoms with Gasteiger partial charge in [-0.15, -0.1) is 0 Å². The number of hydrogen-bond donors (Lipinski definition) is 1. The van der Waals surface area contributed by atoms with Crippen LogP contribution in [0.25, 0.3) is 11.4 Å². The summed E-state index contributed by atoms with van der Waals surface area (Å²) in [4.78, 5) is 31.5. The number of rotatable bonds is 3. The monoisotopic (exact) mass is 408 g/mol. The lowest BCUT2D eigenvalue weighted by Gasteiger charge is -2.33. The third-order valence-electron chi connectivity index (χ3n) is 5.51. The zero-order valence-corrected chi connectivity index (χ0v) is 16.1. The maximum absolute atomic E-state index is 13.3. The third-order valence-corrected chi connectivity index (χ3v) is 5.77. The number of aromatic nitrogens is 2. The van der Waals surface area contributed by atoms with Gasteiger partial charge < -0.3 is 9.84 Å². The van der Waals surface area contributed by atoms with Crippen molar-refractivity contribution in [1.29, 1.82) is 0 Å². The highest BCUT2D eigenvalue weighted by Gasteiger charge is 2.54. The van der Waals surface area contributed by atoms with Gasteiger partial charge in [0.05, 0.1) is 0 Å². The molecule has 1 saturated heterocycles. The summed E-state index contributed by atoms with van der Waals surface area (Å²) in [6.45, 7) is -0.0742. The first-order valence-corrected chi connectivity index (χ1v) is 9.76. The molecule has 5 rings (SSSR count). The van der Waals surface area contributed by atoms with Crippen LogP contribution in [-0.4, -0.2) is 27.0 Å². The van der Waals surface area contributed by atoms with Crippen LogP contribution in [0.1, 0.15) is 29.9 Å². The van der Waals surface area contributed by atoms with Crippen LogP contribution >= 0.6 is 11.6 Å². The number of imide groups is 1. The summed E-state index contributed by atoms with van der Waals surface area (Å²) < 4.78 is 5.29. The Morgan fingerprint density at radius 2 is 1.93 bits per heavy atom.